The first-order valence-electron chi connectivity index (χ1n) is 12.6. The second kappa shape index (κ2) is 13.7. The number of nitrogen functional groups attached to an aromatic ring is 1. The lowest BCUT2D eigenvalue weighted by atomic mass is 10.0. The molecule has 40 heavy (non-hydrogen) atoms. The minimum Gasteiger partial charge on any atom is -0.497 e. The van der Waals surface area contributed by atoms with Crippen LogP contribution < -0.4 is 31.0 Å². The Balaban J connectivity index is 2.18. The molecule has 0 spiro atoms. The zero-order valence-electron chi connectivity index (χ0n) is 23.2. The minimum absolute atomic E-state index is 0.00264. The maximum Gasteiger partial charge on any atom is 0.270 e. The van der Waals surface area contributed by atoms with Gasteiger partial charge in [-0.05, 0) is 59.3 Å². The number of nitrogens with zero attached hydrogens (tertiary/aromatic N) is 2. The topological polar surface area (TPSA) is 159 Å². The van der Waals surface area contributed by atoms with Gasteiger partial charge in [-0.25, -0.2) is 0 Å². The van der Waals surface area contributed by atoms with Crippen LogP contribution in [0.5, 0.6) is 17.2 Å². The smallest absolute Gasteiger partial charge is 0.270 e. The summed E-state index contributed by atoms with van der Waals surface area (Å²) in [6.07, 6.45) is 0.748. The molecule has 1 unspecified atom stereocenters. The molecule has 3 amide bonds. The van der Waals surface area contributed by atoms with Crippen molar-refractivity contribution in [2.24, 2.45) is 11.7 Å². The lowest BCUT2D eigenvalue weighted by Crippen LogP contribution is -2.43. The van der Waals surface area contributed by atoms with E-state index in [1.54, 1.807) is 43.5 Å². The molecule has 5 N–H and O–H groups in total. The molecule has 0 aliphatic rings. The van der Waals surface area contributed by atoms with E-state index in [9.17, 15) is 14.4 Å². The fourth-order valence-electron chi connectivity index (χ4n) is 4.08. The molecule has 0 saturated heterocycles. The molecular formula is C28H35N5O6S. The summed E-state index contributed by atoms with van der Waals surface area (Å²) in [5.41, 5.74) is 12.4. The van der Waals surface area contributed by atoms with Crippen LogP contribution in [0.3, 0.4) is 0 Å². The summed E-state index contributed by atoms with van der Waals surface area (Å²) in [6.45, 7) is 4.53. The van der Waals surface area contributed by atoms with Crippen molar-refractivity contribution in [2.75, 3.05) is 33.6 Å². The third-order valence-corrected chi connectivity index (χ3v) is 7.06. The number of hydrogen-bond donors (Lipinski definition) is 3. The maximum atomic E-state index is 14.1. The first-order chi connectivity index (χ1) is 19.1. The monoisotopic (exact) mass is 569 g/mol. The molecule has 0 radical (unpaired) electrons. The number of primary amides is 1. The van der Waals surface area contributed by atoms with E-state index >= 15 is 0 Å². The molecule has 3 aromatic rings. The van der Waals surface area contributed by atoms with Crippen LogP contribution in [0.15, 0.2) is 42.5 Å². The molecule has 1 aromatic heterocycles. The van der Waals surface area contributed by atoms with E-state index in [1.165, 1.54) is 19.1 Å². The fourth-order valence-corrected chi connectivity index (χ4v) is 4.85. The SMILES string of the molecule is COc1cccc(CN(C(=O)c2snc(C(N)=O)c2N)C(C(=O)NCCC(C)C)c2ccc(OC)c(OC)c2)c1. The normalized spacial score (nSPS) is 11.6. The molecule has 11 nitrogen and oxygen atoms in total. The van der Waals surface area contributed by atoms with E-state index in [1.807, 2.05) is 6.07 Å². The van der Waals surface area contributed by atoms with Gasteiger partial charge < -0.3 is 35.9 Å². The van der Waals surface area contributed by atoms with Gasteiger partial charge in [0.05, 0.1) is 27.0 Å². The predicted molar refractivity (Wildman–Crippen MR) is 153 cm³/mol. The standard InChI is InChI=1S/C28H35N5O6S/c1-16(2)11-12-31-27(35)24(18-9-10-20(38-4)21(14-18)39-5)33(15-17-7-6-8-19(13-17)37-3)28(36)25-22(29)23(26(30)34)32-40-25/h6-10,13-14,16,24H,11-12,15,29H2,1-5H3,(H2,30,34)(H,31,35). The highest BCUT2D eigenvalue weighted by atomic mass is 32.1. The van der Waals surface area contributed by atoms with E-state index in [0.29, 0.717) is 40.8 Å². The summed E-state index contributed by atoms with van der Waals surface area (Å²) < 4.78 is 20.2. The molecule has 0 saturated carbocycles. The quantitative estimate of drug-likeness (QED) is 0.282. The van der Waals surface area contributed by atoms with Gasteiger partial charge >= 0.3 is 0 Å². The number of benzene rings is 2. The van der Waals surface area contributed by atoms with Crippen LogP contribution in [0.4, 0.5) is 5.69 Å². The second-order valence-electron chi connectivity index (χ2n) is 9.41. The highest BCUT2D eigenvalue weighted by Gasteiger charge is 2.35. The Morgan fingerprint density at radius 1 is 1.02 bits per heavy atom. The Morgan fingerprint density at radius 2 is 1.75 bits per heavy atom. The third-order valence-electron chi connectivity index (χ3n) is 6.21. The van der Waals surface area contributed by atoms with Crippen molar-refractivity contribution in [3.05, 3.63) is 64.2 Å². The number of carbonyl (C=O) groups excluding carboxylic acids is 3. The summed E-state index contributed by atoms with van der Waals surface area (Å²) in [5.74, 6) is -0.0435. The van der Waals surface area contributed by atoms with Crippen molar-refractivity contribution in [1.29, 1.82) is 0 Å². The number of hydrogen-bond acceptors (Lipinski definition) is 9. The van der Waals surface area contributed by atoms with Crippen molar-refractivity contribution < 1.29 is 28.6 Å². The van der Waals surface area contributed by atoms with Gasteiger partial charge in [-0.2, -0.15) is 4.37 Å². The average Bonchev–Trinajstić information content (AvgIpc) is 3.33. The Bertz CT molecular complexity index is 1360. The molecule has 0 aliphatic carbocycles. The molecule has 3 rings (SSSR count). The number of nitrogens with two attached hydrogens (primary N) is 2. The van der Waals surface area contributed by atoms with Crippen LogP contribution in [0.2, 0.25) is 0 Å². The van der Waals surface area contributed by atoms with Gasteiger partial charge in [-0.3, -0.25) is 14.4 Å². The first-order valence-corrected chi connectivity index (χ1v) is 13.4. The van der Waals surface area contributed by atoms with Crippen molar-refractivity contribution in [3.8, 4) is 17.2 Å². The van der Waals surface area contributed by atoms with E-state index in [4.69, 9.17) is 25.7 Å². The summed E-state index contributed by atoms with van der Waals surface area (Å²) >= 11 is 0.751. The zero-order valence-corrected chi connectivity index (χ0v) is 24.0. The van der Waals surface area contributed by atoms with Crippen LogP contribution in [-0.4, -0.2) is 54.9 Å². The highest BCUT2D eigenvalue weighted by molar-refractivity contribution is 7.09. The van der Waals surface area contributed by atoms with Gasteiger partial charge in [-0.1, -0.05) is 32.0 Å². The van der Waals surface area contributed by atoms with Gasteiger partial charge in [0, 0.05) is 13.1 Å². The van der Waals surface area contributed by atoms with Gasteiger partial charge in [0.2, 0.25) is 5.91 Å². The number of aromatic nitrogens is 1. The Labute approximate surface area is 237 Å². The maximum absolute atomic E-state index is 14.1. The number of anilines is 1. The molecular weight excluding hydrogens is 534 g/mol. The average molecular weight is 570 g/mol. The number of methoxy groups -OCH3 is 3. The number of nitrogens with one attached hydrogen (secondary N) is 1. The van der Waals surface area contributed by atoms with Crippen LogP contribution in [0, 0.1) is 5.92 Å². The molecule has 0 bridgehead atoms. The summed E-state index contributed by atoms with van der Waals surface area (Å²) in [4.78, 5) is 41.2. The summed E-state index contributed by atoms with van der Waals surface area (Å²) in [5, 5.41) is 2.96. The molecule has 0 fully saturated rings. The van der Waals surface area contributed by atoms with Crippen LogP contribution in [-0.2, 0) is 11.3 Å². The van der Waals surface area contributed by atoms with E-state index in [0.717, 1.165) is 18.0 Å². The molecule has 0 aliphatic heterocycles. The van der Waals surface area contributed by atoms with E-state index < -0.39 is 23.8 Å². The number of carbonyl (C=O) groups is 3. The highest BCUT2D eigenvalue weighted by Crippen LogP contribution is 2.35. The first kappa shape index (κ1) is 30.2. The summed E-state index contributed by atoms with van der Waals surface area (Å²) in [6, 6.07) is 11.1. The lowest BCUT2D eigenvalue weighted by molar-refractivity contribution is -0.126. The van der Waals surface area contributed by atoms with E-state index in [-0.39, 0.29) is 22.8 Å². The van der Waals surface area contributed by atoms with Gasteiger partial charge in [-0.15, -0.1) is 0 Å². The Hall–Kier alpha value is -4.32. The molecule has 12 heteroatoms. The Morgan fingerprint density at radius 3 is 2.35 bits per heavy atom. The van der Waals surface area contributed by atoms with Crippen LogP contribution >= 0.6 is 11.5 Å². The second-order valence-corrected chi connectivity index (χ2v) is 10.2. The van der Waals surface area contributed by atoms with Crippen molar-refractivity contribution in [3.63, 3.8) is 0 Å². The van der Waals surface area contributed by atoms with Crippen molar-refractivity contribution in [2.45, 2.75) is 32.9 Å². The zero-order chi connectivity index (χ0) is 29.4. The third kappa shape index (κ3) is 7.00. The fraction of sp³-hybridized carbons (Fsp3) is 0.357. The number of rotatable bonds is 13. The number of amides is 3. The minimum atomic E-state index is -1.11. The van der Waals surface area contributed by atoms with Gasteiger partial charge in [0.1, 0.15) is 16.7 Å². The van der Waals surface area contributed by atoms with Crippen LogP contribution in [0.25, 0.3) is 0 Å². The van der Waals surface area contributed by atoms with Gasteiger partial charge in [0.15, 0.2) is 17.2 Å². The largest absolute Gasteiger partial charge is 0.497 e. The van der Waals surface area contributed by atoms with E-state index in [2.05, 4.69) is 23.5 Å². The van der Waals surface area contributed by atoms with Crippen molar-refractivity contribution in [1.82, 2.24) is 14.6 Å². The lowest BCUT2D eigenvalue weighted by Gasteiger charge is -2.32. The van der Waals surface area contributed by atoms with Crippen molar-refractivity contribution >= 4 is 34.9 Å². The number of ether oxygens (including phenoxy) is 3. The molecule has 2 aromatic carbocycles. The summed E-state index contributed by atoms with van der Waals surface area (Å²) in [7, 11) is 4.54. The molecule has 214 valence electrons. The van der Waals surface area contributed by atoms with Crippen LogP contribution in [0.1, 0.15) is 57.6 Å². The predicted octanol–water partition coefficient (Wildman–Crippen LogP) is 3.40. The van der Waals surface area contributed by atoms with Gasteiger partial charge in [0.25, 0.3) is 11.8 Å². The molecule has 1 heterocycles. The Kier molecular flexibility index (Phi) is 10.3. The molecule has 1 atom stereocenters.